The van der Waals surface area contributed by atoms with Crippen LogP contribution in [0.4, 0.5) is 0 Å². The van der Waals surface area contributed by atoms with Crippen LogP contribution in [-0.4, -0.2) is 7.71 Å². The van der Waals surface area contributed by atoms with Gasteiger partial charge < -0.3 is 0 Å². The summed E-state index contributed by atoms with van der Waals surface area (Å²) < 4.78 is 0.456. The maximum absolute atomic E-state index is 12.0. The van der Waals surface area contributed by atoms with Gasteiger partial charge >= 0.3 is 0 Å². The minimum Gasteiger partial charge on any atom is -0.299 e. The van der Waals surface area contributed by atoms with Crippen molar-refractivity contribution in [3.05, 3.63) is 0 Å². The quantitative estimate of drug-likeness (QED) is 0.483. The third-order valence-electron chi connectivity index (χ3n) is 4.36. The number of halogens is 2. The zero-order chi connectivity index (χ0) is 9.85. The summed E-state index contributed by atoms with van der Waals surface area (Å²) in [5, 5.41) is 0. The van der Waals surface area contributed by atoms with Crippen LogP contribution < -0.4 is 0 Å². The van der Waals surface area contributed by atoms with Crippen LogP contribution in [0.15, 0.2) is 0 Å². The summed E-state index contributed by atoms with van der Waals surface area (Å²) in [6, 6.07) is 0. The van der Waals surface area contributed by atoms with Crippen LogP contribution in [0.5, 0.6) is 0 Å². The summed E-state index contributed by atoms with van der Waals surface area (Å²) in [4.78, 5) is 12.0. The molecule has 2 aliphatic rings. The molecule has 2 atom stereocenters. The zero-order valence-corrected chi connectivity index (χ0v) is 12.3. The molecule has 0 aromatic rings. The summed E-state index contributed by atoms with van der Waals surface area (Å²) in [5.41, 5.74) is 0.246. The van der Waals surface area contributed by atoms with Crippen LogP contribution in [-0.2, 0) is 4.79 Å². The molecule has 74 valence electrons. The van der Waals surface area contributed by atoms with E-state index in [-0.39, 0.29) is 10.8 Å². The van der Waals surface area contributed by atoms with Gasteiger partial charge in [-0.3, -0.25) is 4.79 Å². The van der Waals surface area contributed by atoms with Crippen molar-refractivity contribution < 1.29 is 4.79 Å². The standard InChI is InChI=1S/C10H14I2O/c1-9(2)6-3-4-10(9,8(11)12)7(13)5-6/h6,8H,3-5H2,1-2H3/t6-,10+/m1/s1. The highest BCUT2D eigenvalue weighted by Crippen LogP contribution is 2.67. The third-order valence-corrected chi connectivity index (χ3v) is 6.49. The zero-order valence-electron chi connectivity index (χ0n) is 7.94. The molecule has 2 bridgehead atoms. The van der Waals surface area contributed by atoms with Crippen LogP contribution in [0, 0.1) is 16.7 Å². The molecule has 0 saturated heterocycles. The van der Waals surface area contributed by atoms with Gasteiger partial charge in [0.1, 0.15) is 5.78 Å². The lowest BCUT2D eigenvalue weighted by atomic mass is 9.70. The Labute approximate surface area is 107 Å². The Morgan fingerprint density at radius 1 is 1.46 bits per heavy atom. The second-order valence-corrected chi connectivity index (χ2v) is 9.73. The molecule has 2 fully saturated rings. The number of rotatable bonds is 1. The number of ketones is 1. The lowest BCUT2D eigenvalue weighted by Crippen LogP contribution is -2.40. The highest BCUT2D eigenvalue weighted by molar-refractivity contribution is 14.2. The average molecular weight is 404 g/mol. The van der Waals surface area contributed by atoms with E-state index < -0.39 is 0 Å². The monoisotopic (exact) mass is 404 g/mol. The van der Waals surface area contributed by atoms with E-state index in [1.165, 1.54) is 6.42 Å². The van der Waals surface area contributed by atoms with Gasteiger partial charge in [0.25, 0.3) is 0 Å². The lowest BCUT2D eigenvalue weighted by molar-refractivity contribution is -0.127. The Kier molecular flexibility index (Phi) is 2.50. The second-order valence-electron chi connectivity index (χ2n) is 4.86. The molecule has 0 heterocycles. The van der Waals surface area contributed by atoms with Gasteiger partial charge in [-0.1, -0.05) is 59.0 Å². The number of Topliss-reactive ketones (excluding diaryl/α,β-unsaturated/α-hetero) is 1. The summed E-state index contributed by atoms with van der Waals surface area (Å²) in [7, 11) is 0. The fourth-order valence-electron chi connectivity index (χ4n) is 3.22. The van der Waals surface area contributed by atoms with Crippen molar-refractivity contribution in [1.82, 2.24) is 0 Å². The SMILES string of the molecule is CC1(C)[C@@H]2CC[C@@]1(C(I)I)C(=O)C2. The topological polar surface area (TPSA) is 17.1 Å². The number of hydrogen-bond acceptors (Lipinski definition) is 1. The van der Waals surface area contributed by atoms with Crippen molar-refractivity contribution >= 4 is 51.0 Å². The first-order chi connectivity index (χ1) is 5.93. The van der Waals surface area contributed by atoms with Crippen molar-refractivity contribution in [2.45, 2.75) is 35.0 Å². The molecule has 2 saturated carbocycles. The molecule has 2 rings (SSSR count). The molecule has 0 aromatic carbocycles. The highest BCUT2D eigenvalue weighted by atomic mass is 127. The van der Waals surface area contributed by atoms with Gasteiger partial charge in [-0.2, -0.15) is 0 Å². The van der Waals surface area contributed by atoms with Gasteiger partial charge in [0, 0.05) is 6.42 Å². The number of carbonyl (C=O) groups is 1. The van der Waals surface area contributed by atoms with Gasteiger partial charge in [0.2, 0.25) is 0 Å². The van der Waals surface area contributed by atoms with Gasteiger partial charge in [0.15, 0.2) is 0 Å². The molecule has 0 unspecified atom stereocenters. The van der Waals surface area contributed by atoms with Crippen LogP contribution in [0.1, 0.15) is 33.1 Å². The van der Waals surface area contributed by atoms with E-state index in [1.54, 1.807) is 0 Å². The predicted molar refractivity (Wildman–Crippen MR) is 70.4 cm³/mol. The van der Waals surface area contributed by atoms with Crippen molar-refractivity contribution in [3.63, 3.8) is 0 Å². The smallest absolute Gasteiger partial charge is 0.141 e. The Hall–Kier alpha value is 1.13. The normalized spacial score (nSPS) is 41.9. The fourth-order valence-corrected chi connectivity index (χ4v) is 6.15. The van der Waals surface area contributed by atoms with Gasteiger partial charge in [0.05, 0.1) is 7.35 Å². The molecule has 3 heteroatoms. The maximum Gasteiger partial charge on any atom is 0.141 e. The Morgan fingerprint density at radius 3 is 2.31 bits per heavy atom. The molecular formula is C10H14I2O. The largest absolute Gasteiger partial charge is 0.299 e. The second kappa shape index (κ2) is 3.06. The molecule has 13 heavy (non-hydrogen) atoms. The molecule has 0 spiro atoms. The molecule has 0 amide bonds. The molecule has 1 nitrogen and oxygen atoms in total. The third kappa shape index (κ3) is 1.12. The average Bonchev–Trinajstić information content (AvgIpc) is 2.35. The fraction of sp³-hybridized carbons (Fsp3) is 0.900. The minimum absolute atomic E-state index is 0.00120. The number of fused-ring (bicyclic) bond motifs is 2. The summed E-state index contributed by atoms with van der Waals surface area (Å²) in [6.07, 6.45) is 3.23. The van der Waals surface area contributed by atoms with Crippen LogP contribution in [0.2, 0.25) is 0 Å². The van der Waals surface area contributed by atoms with Crippen LogP contribution in [0.25, 0.3) is 0 Å². The Balaban J connectivity index is 2.49. The van der Waals surface area contributed by atoms with Crippen molar-refractivity contribution in [3.8, 4) is 0 Å². The Bertz CT molecular complexity index is 260. The van der Waals surface area contributed by atoms with Crippen molar-refractivity contribution in [1.29, 1.82) is 0 Å². The lowest BCUT2D eigenvalue weighted by Gasteiger charge is -2.38. The first-order valence-electron chi connectivity index (χ1n) is 4.74. The molecule has 2 aliphatic carbocycles. The molecule has 0 aliphatic heterocycles. The minimum atomic E-state index is -0.00120. The van der Waals surface area contributed by atoms with Gasteiger partial charge in [-0.05, 0) is 24.2 Å². The van der Waals surface area contributed by atoms with Crippen LogP contribution >= 0.6 is 45.2 Å². The summed E-state index contributed by atoms with van der Waals surface area (Å²) in [6.45, 7) is 4.58. The van der Waals surface area contributed by atoms with E-state index in [0.29, 0.717) is 13.6 Å². The van der Waals surface area contributed by atoms with E-state index in [1.807, 2.05) is 0 Å². The molecule has 0 N–H and O–H groups in total. The van der Waals surface area contributed by atoms with E-state index in [4.69, 9.17) is 0 Å². The van der Waals surface area contributed by atoms with Crippen LogP contribution in [0.3, 0.4) is 0 Å². The van der Waals surface area contributed by atoms with E-state index >= 15 is 0 Å². The maximum atomic E-state index is 12.0. The van der Waals surface area contributed by atoms with E-state index in [0.717, 1.165) is 12.8 Å². The number of alkyl halides is 2. The number of carbonyl (C=O) groups excluding carboxylic acids is 1. The molecular weight excluding hydrogens is 390 g/mol. The highest BCUT2D eigenvalue weighted by Gasteiger charge is 2.66. The van der Waals surface area contributed by atoms with Crippen molar-refractivity contribution in [2.75, 3.05) is 0 Å². The first kappa shape index (κ1) is 10.6. The predicted octanol–water partition coefficient (Wildman–Crippen LogP) is 3.58. The number of hydrogen-bond donors (Lipinski definition) is 0. The summed E-state index contributed by atoms with van der Waals surface area (Å²) in [5.74, 6) is 1.19. The molecule has 0 aromatic heterocycles. The molecule has 0 radical (unpaired) electrons. The van der Waals surface area contributed by atoms with Crippen molar-refractivity contribution in [2.24, 2.45) is 16.7 Å². The Morgan fingerprint density at radius 2 is 2.08 bits per heavy atom. The first-order valence-corrected chi connectivity index (χ1v) is 7.23. The van der Waals surface area contributed by atoms with Gasteiger partial charge in [-0.25, -0.2) is 0 Å². The van der Waals surface area contributed by atoms with E-state index in [9.17, 15) is 4.79 Å². The summed E-state index contributed by atoms with van der Waals surface area (Å²) >= 11 is 4.86. The van der Waals surface area contributed by atoms with Gasteiger partial charge in [-0.15, -0.1) is 0 Å². The van der Waals surface area contributed by atoms with E-state index in [2.05, 4.69) is 59.0 Å².